The van der Waals surface area contributed by atoms with E-state index >= 15 is 0 Å². The molecule has 1 aromatic rings. The molecule has 1 aliphatic heterocycles. The normalized spacial score (nSPS) is 32.7. The van der Waals surface area contributed by atoms with E-state index in [1.807, 2.05) is 38.9 Å². The monoisotopic (exact) mass is 301 g/mol. The fourth-order valence-corrected chi connectivity index (χ4v) is 4.44. The lowest BCUT2D eigenvalue weighted by molar-refractivity contribution is -0.155. The maximum absolute atomic E-state index is 13.4. The average Bonchev–Trinajstić information content (AvgIpc) is 2.79. The Balaban J connectivity index is 2.12. The molecule has 0 aromatic heterocycles. The van der Waals surface area contributed by atoms with Gasteiger partial charge in [-0.1, -0.05) is 63.9 Å². The van der Waals surface area contributed by atoms with E-state index in [-0.39, 0.29) is 17.6 Å². The van der Waals surface area contributed by atoms with Crippen LogP contribution in [0.1, 0.15) is 58.1 Å². The Morgan fingerprint density at radius 2 is 1.91 bits per heavy atom. The number of hydrogen-bond acceptors (Lipinski definition) is 3. The van der Waals surface area contributed by atoms with Crippen LogP contribution in [0.5, 0.6) is 0 Å². The molecule has 22 heavy (non-hydrogen) atoms. The Labute approximate surface area is 133 Å². The number of Topliss-reactive ketones (excluding diaryl/α,β-unsaturated/α-hetero) is 1. The van der Waals surface area contributed by atoms with Gasteiger partial charge in [-0.05, 0) is 18.4 Å². The van der Waals surface area contributed by atoms with Crippen LogP contribution in [0.3, 0.4) is 0 Å². The van der Waals surface area contributed by atoms with Gasteiger partial charge in [0.1, 0.15) is 5.78 Å². The highest BCUT2D eigenvalue weighted by atomic mass is 16.7. The molecule has 0 radical (unpaired) electrons. The van der Waals surface area contributed by atoms with E-state index in [2.05, 4.69) is 24.3 Å². The van der Waals surface area contributed by atoms with Crippen molar-refractivity contribution in [2.24, 2.45) is 10.8 Å². The molecule has 0 N–H and O–H groups in total. The number of carbonyl (C=O) groups is 1. The van der Waals surface area contributed by atoms with Gasteiger partial charge in [0.25, 0.3) is 0 Å². The first kappa shape index (κ1) is 15.7. The topological polar surface area (TPSA) is 29.5 Å². The molecule has 1 heterocycles. The molecule has 3 heteroatoms. The number of nitrogens with zero attached hydrogens (tertiary/aromatic N) is 1. The van der Waals surface area contributed by atoms with Crippen molar-refractivity contribution in [3.05, 3.63) is 35.9 Å². The largest absolute Gasteiger partial charge is 0.298 e. The highest BCUT2D eigenvalue weighted by Gasteiger charge is 2.61. The van der Waals surface area contributed by atoms with Crippen LogP contribution >= 0.6 is 0 Å². The first-order valence-electron chi connectivity index (χ1n) is 8.37. The molecule has 3 nitrogen and oxygen atoms in total. The summed E-state index contributed by atoms with van der Waals surface area (Å²) in [6.45, 7) is 6.11. The zero-order valence-electron chi connectivity index (χ0n) is 14.1. The van der Waals surface area contributed by atoms with E-state index in [1.165, 1.54) is 5.56 Å². The van der Waals surface area contributed by atoms with Crippen molar-refractivity contribution in [1.29, 1.82) is 0 Å². The average molecular weight is 301 g/mol. The predicted molar refractivity (Wildman–Crippen MR) is 87.2 cm³/mol. The molecule has 120 valence electrons. The Hall–Kier alpha value is -1.19. The lowest BCUT2D eigenvalue weighted by atomic mass is 9.59. The van der Waals surface area contributed by atoms with E-state index in [0.29, 0.717) is 5.78 Å². The van der Waals surface area contributed by atoms with Crippen molar-refractivity contribution in [2.75, 3.05) is 7.05 Å². The van der Waals surface area contributed by atoms with Crippen molar-refractivity contribution in [2.45, 2.75) is 58.6 Å². The summed E-state index contributed by atoms with van der Waals surface area (Å²) < 4.78 is 0. The molecule has 0 unspecified atom stereocenters. The van der Waals surface area contributed by atoms with Crippen LogP contribution in [0, 0.1) is 10.8 Å². The van der Waals surface area contributed by atoms with Gasteiger partial charge in [-0.2, -0.15) is 5.06 Å². The van der Waals surface area contributed by atoms with E-state index < -0.39 is 5.41 Å². The van der Waals surface area contributed by atoms with Crippen molar-refractivity contribution in [3.8, 4) is 0 Å². The number of benzene rings is 1. The van der Waals surface area contributed by atoms with Gasteiger partial charge in [0.05, 0.1) is 17.6 Å². The van der Waals surface area contributed by atoms with E-state index in [1.54, 1.807) is 0 Å². The molecular weight excluding hydrogens is 274 g/mol. The molecule has 0 amide bonds. The second kappa shape index (κ2) is 5.47. The molecule has 3 rings (SSSR count). The van der Waals surface area contributed by atoms with E-state index in [4.69, 9.17) is 4.84 Å². The summed E-state index contributed by atoms with van der Waals surface area (Å²) in [4.78, 5) is 19.6. The molecule has 1 saturated heterocycles. The van der Waals surface area contributed by atoms with Crippen LogP contribution in [0.15, 0.2) is 30.3 Å². The third kappa shape index (κ3) is 2.31. The van der Waals surface area contributed by atoms with Gasteiger partial charge < -0.3 is 0 Å². The molecule has 2 aliphatic rings. The highest BCUT2D eigenvalue weighted by Crippen LogP contribution is 2.57. The fourth-order valence-electron chi connectivity index (χ4n) is 4.44. The smallest absolute Gasteiger partial charge is 0.149 e. The number of hydroxylamine groups is 2. The summed E-state index contributed by atoms with van der Waals surface area (Å²) in [5, 5.41) is 1.94. The molecular formula is C19H27NO2. The first-order chi connectivity index (χ1) is 10.4. The van der Waals surface area contributed by atoms with Crippen molar-refractivity contribution in [1.82, 2.24) is 5.06 Å². The van der Waals surface area contributed by atoms with Crippen molar-refractivity contribution < 1.29 is 9.63 Å². The second-order valence-electron chi connectivity index (χ2n) is 7.82. The fraction of sp³-hybridized carbons (Fsp3) is 0.632. The zero-order valence-corrected chi connectivity index (χ0v) is 14.1. The Bertz CT molecular complexity index is 548. The summed E-state index contributed by atoms with van der Waals surface area (Å²) in [6, 6.07) is 10.4. The van der Waals surface area contributed by atoms with E-state index in [0.717, 1.165) is 25.7 Å². The maximum Gasteiger partial charge on any atom is 0.149 e. The van der Waals surface area contributed by atoms with Crippen LogP contribution in [0.4, 0.5) is 0 Å². The minimum atomic E-state index is -0.410. The molecule has 1 saturated carbocycles. The van der Waals surface area contributed by atoms with E-state index in [9.17, 15) is 4.79 Å². The minimum Gasteiger partial charge on any atom is -0.298 e. The number of rotatable bonds is 2. The maximum atomic E-state index is 13.4. The summed E-state index contributed by atoms with van der Waals surface area (Å²) in [7, 11) is 1.98. The summed E-state index contributed by atoms with van der Waals surface area (Å²) in [5.74, 6) is 0.350. The molecule has 1 aliphatic carbocycles. The number of fused-ring (bicyclic) bond motifs is 1. The lowest BCUT2D eigenvalue weighted by Crippen LogP contribution is -2.50. The zero-order chi connectivity index (χ0) is 16.0. The van der Waals surface area contributed by atoms with Gasteiger partial charge in [0, 0.05) is 12.5 Å². The Kier molecular flexibility index (Phi) is 3.90. The summed E-state index contributed by atoms with van der Waals surface area (Å²) >= 11 is 0. The van der Waals surface area contributed by atoms with Crippen LogP contribution in [-0.4, -0.2) is 24.0 Å². The highest BCUT2D eigenvalue weighted by molar-refractivity contribution is 5.91. The van der Waals surface area contributed by atoms with Gasteiger partial charge in [0.15, 0.2) is 0 Å². The molecule has 3 atom stereocenters. The van der Waals surface area contributed by atoms with Crippen LogP contribution in [0.2, 0.25) is 0 Å². The summed E-state index contributed by atoms with van der Waals surface area (Å²) in [6.07, 6.45) is 4.19. The minimum absolute atomic E-state index is 0.0168. The molecule has 1 aromatic carbocycles. The number of hydrogen-bond donors (Lipinski definition) is 0. The molecule has 0 bridgehead atoms. The van der Waals surface area contributed by atoms with Gasteiger partial charge in [-0.25, -0.2) is 0 Å². The predicted octanol–water partition coefficient (Wildman–Crippen LogP) is 4.15. The Morgan fingerprint density at radius 3 is 2.55 bits per heavy atom. The number of ketones is 1. The molecule has 0 spiro atoms. The Morgan fingerprint density at radius 1 is 1.23 bits per heavy atom. The third-order valence-corrected chi connectivity index (χ3v) is 5.25. The van der Waals surface area contributed by atoms with Crippen LogP contribution in [-0.2, 0) is 9.63 Å². The van der Waals surface area contributed by atoms with Crippen LogP contribution in [0.25, 0.3) is 0 Å². The van der Waals surface area contributed by atoms with Crippen molar-refractivity contribution >= 4 is 5.78 Å². The van der Waals surface area contributed by atoms with Gasteiger partial charge in [-0.3, -0.25) is 9.63 Å². The number of carbonyl (C=O) groups excluding carboxylic acids is 1. The summed E-state index contributed by atoms with van der Waals surface area (Å²) in [5.41, 5.74) is 0.427. The van der Waals surface area contributed by atoms with Gasteiger partial charge in [-0.15, -0.1) is 0 Å². The standard InChI is InChI=1S/C19H27NO2/c1-18(2,3)17(21)19-13-9-8-12-15(19)22-20(4)16(19)14-10-6-5-7-11-14/h5-7,10-11,15-16H,8-9,12-13H2,1-4H3/t15-,16+,19+/m1/s1. The SMILES string of the molecule is CN1O[C@@H]2CCCC[C@@]2(C(=O)C(C)(C)C)[C@@H]1c1ccccc1. The second-order valence-corrected chi connectivity index (χ2v) is 7.82. The first-order valence-corrected chi connectivity index (χ1v) is 8.37. The van der Waals surface area contributed by atoms with Gasteiger partial charge >= 0.3 is 0 Å². The van der Waals surface area contributed by atoms with Crippen LogP contribution < -0.4 is 0 Å². The third-order valence-electron chi connectivity index (χ3n) is 5.25. The molecule has 2 fully saturated rings. The quantitative estimate of drug-likeness (QED) is 0.822. The van der Waals surface area contributed by atoms with Crippen molar-refractivity contribution in [3.63, 3.8) is 0 Å². The lowest BCUT2D eigenvalue weighted by Gasteiger charge is -2.43. The van der Waals surface area contributed by atoms with Gasteiger partial charge in [0.2, 0.25) is 0 Å².